The maximum absolute atomic E-state index is 9.99. The summed E-state index contributed by atoms with van der Waals surface area (Å²) in [5.41, 5.74) is 1.64. The average molecular weight is 346 g/mol. The lowest BCUT2D eigenvalue weighted by Gasteiger charge is -2.20. The second-order valence-electron chi connectivity index (χ2n) is 4.26. The highest BCUT2D eigenvalue weighted by Crippen LogP contribution is 2.39. The molecule has 0 aliphatic carbocycles. The van der Waals surface area contributed by atoms with Gasteiger partial charge in [0, 0.05) is 23.5 Å². The molecule has 7 heteroatoms. The summed E-state index contributed by atoms with van der Waals surface area (Å²) in [5, 5.41) is 19.2. The number of methoxy groups -OCH3 is 1. The predicted octanol–water partition coefficient (Wildman–Crippen LogP) is 3.90. The van der Waals surface area contributed by atoms with Crippen LogP contribution in [0.3, 0.4) is 0 Å². The predicted molar refractivity (Wildman–Crippen MR) is 82.7 cm³/mol. The van der Waals surface area contributed by atoms with Crippen molar-refractivity contribution < 1.29 is 9.84 Å². The number of ether oxygens (including phenoxy) is 1. The van der Waals surface area contributed by atoms with Gasteiger partial charge < -0.3 is 14.4 Å². The topological polar surface area (TPSA) is 58.2 Å². The van der Waals surface area contributed by atoms with Crippen molar-refractivity contribution in [2.75, 3.05) is 7.11 Å². The minimum atomic E-state index is -1.90. The molecule has 0 aliphatic heterocycles. The number of nitriles is 1. The van der Waals surface area contributed by atoms with Gasteiger partial charge in [0.15, 0.2) is 6.23 Å². The Kier molecular flexibility index (Phi) is 4.70. The summed E-state index contributed by atoms with van der Waals surface area (Å²) >= 11 is 17.0. The van der Waals surface area contributed by atoms with Crippen LogP contribution in [0.25, 0.3) is 11.1 Å². The molecule has 0 spiro atoms. The number of aliphatic hydroxyl groups is 1. The Balaban J connectivity index is 2.56. The number of rotatable bonds is 3. The fraction of sp³-hybridized carbons (Fsp3) is 0.214. The van der Waals surface area contributed by atoms with E-state index in [9.17, 15) is 10.4 Å². The van der Waals surface area contributed by atoms with Crippen LogP contribution >= 0.6 is 34.8 Å². The fourth-order valence-electron chi connectivity index (χ4n) is 1.96. The molecule has 0 fully saturated rings. The van der Waals surface area contributed by atoms with E-state index in [4.69, 9.17) is 39.5 Å². The molecule has 1 heterocycles. The average Bonchev–Trinajstić information content (AvgIpc) is 2.89. The first-order valence-electron chi connectivity index (χ1n) is 5.88. The lowest BCUT2D eigenvalue weighted by Crippen LogP contribution is -2.21. The molecule has 1 aromatic heterocycles. The highest BCUT2D eigenvalue weighted by atomic mass is 35.6. The standard InChI is InChI=1S/C14H11Cl3N2O2/c1-21-12-5-3-2-4-10(12)11-8-19(7-9(11)6-18)13(20)14(15,16)17/h2-5,7-8,13,20H,1H3. The van der Waals surface area contributed by atoms with Crippen molar-refractivity contribution in [1.29, 1.82) is 5.26 Å². The van der Waals surface area contributed by atoms with Crippen LogP contribution in [-0.4, -0.2) is 20.6 Å². The Morgan fingerprint density at radius 1 is 1.24 bits per heavy atom. The first-order chi connectivity index (χ1) is 9.88. The van der Waals surface area contributed by atoms with Crippen molar-refractivity contribution in [3.05, 3.63) is 42.2 Å². The molecule has 0 aliphatic rings. The first-order valence-corrected chi connectivity index (χ1v) is 7.01. The normalized spacial score (nSPS) is 12.8. The number of hydrogen-bond acceptors (Lipinski definition) is 3. The number of alkyl halides is 3. The summed E-state index contributed by atoms with van der Waals surface area (Å²) in [5.74, 6) is 0.607. The van der Waals surface area contributed by atoms with Crippen molar-refractivity contribution in [1.82, 2.24) is 4.57 Å². The molecule has 0 saturated carbocycles. The molecule has 0 saturated heterocycles. The molecular formula is C14H11Cl3N2O2. The van der Waals surface area contributed by atoms with Gasteiger partial charge in [-0.15, -0.1) is 0 Å². The third kappa shape index (κ3) is 3.28. The number of nitrogens with zero attached hydrogens (tertiary/aromatic N) is 2. The summed E-state index contributed by atoms with van der Waals surface area (Å²) in [6, 6.07) is 9.28. The molecule has 4 nitrogen and oxygen atoms in total. The molecular weight excluding hydrogens is 335 g/mol. The van der Waals surface area contributed by atoms with E-state index in [0.717, 1.165) is 0 Å². The third-order valence-electron chi connectivity index (χ3n) is 2.94. The molecule has 0 bridgehead atoms. The Morgan fingerprint density at radius 3 is 2.48 bits per heavy atom. The zero-order chi connectivity index (χ0) is 15.6. The third-order valence-corrected chi connectivity index (χ3v) is 3.52. The highest BCUT2D eigenvalue weighted by Gasteiger charge is 2.33. The zero-order valence-corrected chi connectivity index (χ0v) is 13.2. The minimum absolute atomic E-state index is 0.341. The number of hydrogen-bond donors (Lipinski definition) is 1. The van der Waals surface area contributed by atoms with E-state index in [1.807, 2.05) is 12.1 Å². The van der Waals surface area contributed by atoms with Crippen molar-refractivity contribution in [2.24, 2.45) is 0 Å². The van der Waals surface area contributed by atoms with Crippen LogP contribution in [0.4, 0.5) is 0 Å². The smallest absolute Gasteiger partial charge is 0.234 e. The lowest BCUT2D eigenvalue weighted by atomic mass is 10.0. The monoisotopic (exact) mass is 344 g/mol. The molecule has 1 unspecified atom stereocenters. The van der Waals surface area contributed by atoms with Crippen molar-refractivity contribution in [3.63, 3.8) is 0 Å². The summed E-state index contributed by atoms with van der Waals surface area (Å²) in [6.45, 7) is 0. The summed E-state index contributed by atoms with van der Waals surface area (Å²) in [4.78, 5) is 0. The second-order valence-corrected chi connectivity index (χ2v) is 6.63. The summed E-state index contributed by atoms with van der Waals surface area (Å²) < 4.78 is 4.66. The van der Waals surface area contributed by atoms with Crippen LogP contribution in [0.2, 0.25) is 0 Å². The van der Waals surface area contributed by atoms with Gasteiger partial charge in [0.05, 0.1) is 12.7 Å². The first kappa shape index (κ1) is 16.0. The van der Waals surface area contributed by atoms with Crippen LogP contribution in [0.15, 0.2) is 36.7 Å². The molecule has 2 aromatic rings. The van der Waals surface area contributed by atoms with Crippen molar-refractivity contribution in [3.8, 4) is 22.9 Å². The van der Waals surface area contributed by atoms with Gasteiger partial charge in [0.2, 0.25) is 3.79 Å². The SMILES string of the molecule is COc1ccccc1-c1cn(C(O)C(Cl)(Cl)Cl)cc1C#N. The van der Waals surface area contributed by atoms with Gasteiger partial charge in [-0.05, 0) is 6.07 Å². The van der Waals surface area contributed by atoms with Gasteiger partial charge in [0.1, 0.15) is 11.8 Å². The molecule has 21 heavy (non-hydrogen) atoms. The van der Waals surface area contributed by atoms with Gasteiger partial charge in [-0.2, -0.15) is 5.26 Å². The number of para-hydroxylation sites is 1. The van der Waals surface area contributed by atoms with Crippen LogP contribution in [0.5, 0.6) is 5.75 Å². The van der Waals surface area contributed by atoms with Gasteiger partial charge in [-0.3, -0.25) is 0 Å². The van der Waals surface area contributed by atoms with Crippen LogP contribution in [0.1, 0.15) is 11.8 Å². The van der Waals surface area contributed by atoms with E-state index < -0.39 is 10.0 Å². The Hall–Kier alpha value is -1.38. The highest BCUT2D eigenvalue weighted by molar-refractivity contribution is 6.67. The van der Waals surface area contributed by atoms with E-state index >= 15 is 0 Å². The number of halogens is 3. The lowest BCUT2D eigenvalue weighted by molar-refractivity contribution is 0.109. The molecule has 1 atom stereocenters. The number of aromatic nitrogens is 1. The molecule has 110 valence electrons. The number of aliphatic hydroxyl groups excluding tert-OH is 1. The van der Waals surface area contributed by atoms with E-state index in [2.05, 4.69) is 6.07 Å². The van der Waals surface area contributed by atoms with Crippen molar-refractivity contribution in [2.45, 2.75) is 10.0 Å². The maximum atomic E-state index is 9.99. The quantitative estimate of drug-likeness (QED) is 0.858. The zero-order valence-electron chi connectivity index (χ0n) is 10.9. The fourth-order valence-corrected chi connectivity index (χ4v) is 2.29. The van der Waals surface area contributed by atoms with Gasteiger partial charge >= 0.3 is 0 Å². The van der Waals surface area contributed by atoms with E-state index in [1.165, 1.54) is 17.9 Å². The van der Waals surface area contributed by atoms with Gasteiger partial charge in [0.25, 0.3) is 0 Å². The maximum Gasteiger partial charge on any atom is 0.234 e. The molecule has 0 amide bonds. The van der Waals surface area contributed by atoms with E-state index in [1.54, 1.807) is 18.3 Å². The summed E-state index contributed by atoms with van der Waals surface area (Å²) in [7, 11) is 1.54. The van der Waals surface area contributed by atoms with Gasteiger partial charge in [-0.25, -0.2) is 0 Å². The largest absolute Gasteiger partial charge is 0.496 e. The van der Waals surface area contributed by atoms with Crippen LogP contribution < -0.4 is 4.74 Å². The van der Waals surface area contributed by atoms with Gasteiger partial charge in [-0.1, -0.05) is 53.0 Å². The van der Waals surface area contributed by atoms with Crippen LogP contribution in [0, 0.1) is 11.3 Å². The second kappa shape index (κ2) is 6.17. The molecule has 0 radical (unpaired) electrons. The summed E-state index contributed by atoms with van der Waals surface area (Å²) in [6.07, 6.45) is 1.56. The van der Waals surface area contributed by atoms with E-state index in [-0.39, 0.29) is 0 Å². The van der Waals surface area contributed by atoms with Crippen molar-refractivity contribution >= 4 is 34.8 Å². The van der Waals surface area contributed by atoms with E-state index in [0.29, 0.717) is 22.4 Å². The molecule has 1 aromatic carbocycles. The Morgan fingerprint density at radius 2 is 1.90 bits per heavy atom. The molecule has 1 N–H and O–H groups in total. The Bertz CT molecular complexity index is 686. The molecule has 2 rings (SSSR count). The van der Waals surface area contributed by atoms with Crippen LogP contribution in [-0.2, 0) is 0 Å². The minimum Gasteiger partial charge on any atom is -0.496 e. The number of benzene rings is 1. The Labute approximate surface area is 137 Å².